The lowest BCUT2D eigenvalue weighted by atomic mass is 10.1. The molecule has 0 amide bonds. The number of rotatable bonds is 21. The number of hydrogen-bond donors (Lipinski definition) is 6. The van der Waals surface area contributed by atoms with E-state index in [1.165, 1.54) is 22.3 Å². The number of anilines is 3. The Morgan fingerprint density at radius 3 is 1.19 bits per heavy atom. The van der Waals surface area contributed by atoms with Gasteiger partial charge in [0.15, 0.2) is 49.8 Å². The van der Waals surface area contributed by atoms with Crippen LogP contribution >= 0.6 is 36.7 Å². The third-order valence-electron chi connectivity index (χ3n) is 12.2. The maximum atomic E-state index is 5.43. The smallest absolute Gasteiger partial charge is 0.171 e. The standard InChI is InChI=1S/3C20H22N4O2S/c1-25-18-8-7-17(11-19(18)26-2)23-20(27)22-12-15-3-5-16(6-4-15)13-24-10-9-21-14-24;1-25-18-7-6-17(11-19(18)26-2)23-20(27)22-12-15-4-3-5-16(10-15)13-24-9-8-21-14-24;1-25-18-8-7-17(11-19(18)26-2)23-20(27)22-12-15-5-3-4-6-16(15)13-24-10-9-21-14-24/h3*3-11,14H,12-13H2,1-2H3,(H2,22,23,27). The quantitative estimate of drug-likeness (QED) is 0.0374. The molecule has 6 N–H and O–H groups in total. The SMILES string of the molecule is COc1ccc(NC(=S)NCc2ccc(Cn3ccnc3)cc2)cc1OC.COc1ccc(NC(=S)NCc2cccc(Cn3ccnc3)c2)cc1OC.COc1ccc(NC(=S)NCc2ccccc2Cn2ccnc2)cc1OC. The van der Waals surface area contributed by atoms with E-state index in [1.807, 2.05) is 124 Å². The fourth-order valence-electron chi connectivity index (χ4n) is 8.05. The number of benzene rings is 6. The van der Waals surface area contributed by atoms with E-state index in [9.17, 15) is 0 Å². The number of methoxy groups -OCH3 is 6. The van der Waals surface area contributed by atoms with Crippen molar-refractivity contribution < 1.29 is 28.4 Å². The van der Waals surface area contributed by atoms with Crippen LogP contribution in [0, 0.1) is 0 Å². The van der Waals surface area contributed by atoms with Crippen molar-refractivity contribution in [3.8, 4) is 34.5 Å². The number of ether oxygens (including phenoxy) is 6. The number of nitrogens with one attached hydrogen (secondary N) is 6. The maximum absolute atomic E-state index is 5.43. The maximum Gasteiger partial charge on any atom is 0.171 e. The van der Waals surface area contributed by atoms with E-state index in [0.29, 0.717) is 69.5 Å². The van der Waals surface area contributed by atoms with Crippen LogP contribution in [0.1, 0.15) is 33.4 Å². The van der Waals surface area contributed by atoms with Crippen molar-refractivity contribution in [1.82, 2.24) is 44.6 Å². The van der Waals surface area contributed by atoms with Gasteiger partial charge in [0.1, 0.15) is 0 Å². The third kappa shape index (κ3) is 19.0. The first kappa shape index (κ1) is 59.5. The summed E-state index contributed by atoms with van der Waals surface area (Å²) in [5, 5.41) is 20.8. The first-order valence-electron chi connectivity index (χ1n) is 25.4. The van der Waals surface area contributed by atoms with Crippen LogP contribution in [0.2, 0.25) is 0 Å². The number of hydrogen-bond acceptors (Lipinski definition) is 12. The van der Waals surface area contributed by atoms with Gasteiger partial charge in [-0.15, -0.1) is 0 Å². The zero-order valence-electron chi connectivity index (χ0n) is 45.9. The van der Waals surface area contributed by atoms with Crippen molar-refractivity contribution in [3.63, 3.8) is 0 Å². The summed E-state index contributed by atoms with van der Waals surface area (Å²) in [5.74, 6) is 3.98. The van der Waals surface area contributed by atoms with Crippen LogP contribution in [-0.4, -0.2) is 86.6 Å². The zero-order valence-corrected chi connectivity index (χ0v) is 48.4. The summed E-state index contributed by atoms with van der Waals surface area (Å²) in [7, 11) is 9.65. The lowest BCUT2D eigenvalue weighted by Crippen LogP contribution is -2.28. The molecule has 9 rings (SSSR count). The lowest BCUT2D eigenvalue weighted by Gasteiger charge is -2.15. The fourth-order valence-corrected chi connectivity index (χ4v) is 8.62. The number of nitrogens with zero attached hydrogens (tertiary/aromatic N) is 6. The van der Waals surface area contributed by atoms with E-state index in [2.05, 4.69) is 101 Å². The van der Waals surface area contributed by atoms with Crippen molar-refractivity contribution in [2.24, 2.45) is 0 Å². The predicted molar refractivity (Wildman–Crippen MR) is 331 cm³/mol. The molecule has 0 saturated carbocycles. The van der Waals surface area contributed by atoms with E-state index < -0.39 is 0 Å². The zero-order chi connectivity index (χ0) is 57.2. The molecule has 0 radical (unpaired) electrons. The number of thiocarbonyl (C=S) groups is 3. The second-order valence-corrected chi connectivity index (χ2v) is 19.0. The molecule has 0 spiro atoms. The molecule has 0 fully saturated rings. The highest BCUT2D eigenvalue weighted by Crippen LogP contribution is 2.32. The Labute approximate surface area is 488 Å². The minimum atomic E-state index is 0.541. The Kier molecular flexibility index (Phi) is 23.1. The predicted octanol–water partition coefficient (Wildman–Crippen LogP) is 10.3. The first-order chi connectivity index (χ1) is 39.5. The van der Waals surface area contributed by atoms with Crippen molar-refractivity contribution in [2.75, 3.05) is 58.6 Å². The minimum Gasteiger partial charge on any atom is -0.493 e. The molecule has 0 bridgehead atoms. The van der Waals surface area contributed by atoms with Gasteiger partial charge in [-0.2, -0.15) is 0 Å². The second-order valence-electron chi connectivity index (χ2n) is 17.7. The van der Waals surface area contributed by atoms with Gasteiger partial charge in [0, 0.05) is 112 Å². The average Bonchev–Trinajstić information content (AvgIpc) is 4.36. The molecule has 0 aliphatic heterocycles. The van der Waals surface area contributed by atoms with Gasteiger partial charge < -0.3 is 74.0 Å². The molecule has 0 saturated heterocycles. The minimum absolute atomic E-state index is 0.541. The van der Waals surface area contributed by atoms with Crippen molar-refractivity contribution in [3.05, 3.63) is 217 Å². The molecule has 9 aromatic rings. The van der Waals surface area contributed by atoms with Gasteiger partial charge in [0.05, 0.1) is 61.6 Å². The van der Waals surface area contributed by atoms with Crippen LogP contribution in [0.4, 0.5) is 17.1 Å². The Morgan fingerprint density at radius 2 is 0.753 bits per heavy atom. The van der Waals surface area contributed by atoms with E-state index in [1.54, 1.807) is 61.2 Å². The molecule has 3 heterocycles. The Hall–Kier alpha value is -9.18. The Morgan fingerprint density at radius 1 is 0.370 bits per heavy atom. The summed E-state index contributed by atoms with van der Waals surface area (Å²) < 4.78 is 37.8. The molecular formula is C60H66N12O6S3. The fraction of sp³-hybridized carbons (Fsp3) is 0.200. The topological polar surface area (TPSA) is 181 Å². The van der Waals surface area contributed by atoms with E-state index in [4.69, 9.17) is 65.1 Å². The number of imidazole rings is 3. The molecule has 0 unspecified atom stereocenters. The van der Waals surface area contributed by atoms with Gasteiger partial charge >= 0.3 is 0 Å². The second kappa shape index (κ2) is 31.4. The summed E-state index contributed by atoms with van der Waals surface area (Å²) in [6, 6.07) is 41.8. The van der Waals surface area contributed by atoms with Gasteiger partial charge in [-0.05, 0) is 106 Å². The molecule has 81 heavy (non-hydrogen) atoms. The van der Waals surface area contributed by atoms with E-state index in [0.717, 1.165) is 47.8 Å². The molecular weight excluding hydrogens is 1080 g/mol. The summed E-state index contributed by atoms with van der Waals surface area (Å²) in [6.07, 6.45) is 16.6. The summed E-state index contributed by atoms with van der Waals surface area (Å²) in [4.78, 5) is 12.2. The molecule has 0 atom stereocenters. The van der Waals surface area contributed by atoms with Gasteiger partial charge in [0.2, 0.25) is 0 Å². The van der Waals surface area contributed by atoms with Gasteiger partial charge in [-0.25, -0.2) is 15.0 Å². The monoisotopic (exact) mass is 1150 g/mol. The summed E-state index contributed by atoms with van der Waals surface area (Å²) in [6.45, 7) is 4.29. The lowest BCUT2D eigenvalue weighted by molar-refractivity contribution is 0.355. The molecule has 6 aromatic carbocycles. The number of aromatic nitrogens is 6. The average molecular weight is 1150 g/mol. The van der Waals surface area contributed by atoms with Crippen molar-refractivity contribution in [1.29, 1.82) is 0 Å². The summed E-state index contributed by atoms with van der Waals surface area (Å²) in [5.41, 5.74) is 9.65. The highest BCUT2D eigenvalue weighted by atomic mass is 32.1. The highest BCUT2D eigenvalue weighted by molar-refractivity contribution is 7.80. The largest absolute Gasteiger partial charge is 0.493 e. The molecule has 3 aromatic heterocycles. The van der Waals surface area contributed by atoms with Crippen LogP contribution in [0.5, 0.6) is 34.5 Å². The van der Waals surface area contributed by atoms with E-state index >= 15 is 0 Å². The van der Waals surface area contributed by atoms with Crippen LogP contribution in [0.25, 0.3) is 0 Å². The van der Waals surface area contributed by atoms with Gasteiger partial charge in [-0.1, -0.05) is 72.8 Å². The van der Waals surface area contributed by atoms with Crippen molar-refractivity contribution >= 4 is 69.1 Å². The highest BCUT2D eigenvalue weighted by Gasteiger charge is 2.10. The Balaban J connectivity index is 0.000000175. The summed E-state index contributed by atoms with van der Waals surface area (Å²) >= 11 is 16.2. The molecule has 420 valence electrons. The van der Waals surface area contributed by atoms with Gasteiger partial charge in [0.25, 0.3) is 0 Å². The Bertz CT molecular complexity index is 3380. The first-order valence-corrected chi connectivity index (χ1v) is 26.7. The van der Waals surface area contributed by atoms with Gasteiger partial charge in [-0.3, -0.25) is 0 Å². The van der Waals surface area contributed by atoms with Crippen LogP contribution in [0.3, 0.4) is 0 Å². The van der Waals surface area contributed by atoms with Crippen LogP contribution in [-0.2, 0) is 39.3 Å². The molecule has 18 nitrogen and oxygen atoms in total. The normalized spacial score (nSPS) is 10.3. The van der Waals surface area contributed by atoms with Crippen molar-refractivity contribution in [2.45, 2.75) is 39.3 Å². The third-order valence-corrected chi connectivity index (χ3v) is 12.9. The van der Waals surface area contributed by atoms with Crippen LogP contribution in [0.15, 0.2) is 184 Å². The molecule has 0 aliphatic carbocycles. The van der Waals surface area contributed by atoms with Crippen LogP contribution < -0.4 is 60.3 Å². The molecule has 21 heteroatoms. The molecule has 0 aliphatic rings. The van der Waals surface area contributed by atoms with E-state index in [-0.39, 0.29) is 0 Å².